The molecule has 250 valence electrons. The molecule has 1 aliphatic heterocycles. The fourth-order valence-electron chi connectivity index (χ4n) is 5.80. The number of halogens is 4. The van der Waals surface area contributed by atoms with Gasteiger partial charge < -0.3 is 15.0 Å². The van der Waals surface area contributed by atoms with Crippen molar-refractivity contribution in [2.24, 2.45) is 12.5 Å². The van der Waals surface area contributed by atoms with E-state index in [0.29, 0.717) is 37.2 Å². The number of alkyl halides is 2. The fraction of sp³-hybridized carbons (Fsp3) is 0.500. The smallest absolute Gasteiger partial charge is 0.249 e. The number of hydrogen-bond acceptors (Lipinski definition) is 7. The van der Waals surface area contributed by atoms with Crippen molar-refractivity contribution < 1.29 is 22.3 Å². The average Bonchev–Trinajstić information content (AvgIpc) is 3.50. The van der Waals surface area contributed by atoms with Crippen molar-refractivity contribution in [2.75, 3.05) is 54.4 Å². The molecule has 3 aromatic heterocycles. The summed E-state index contributed by atoms with van der Waals surface area (Å²) >= 11 is 0. The molecule has 6 rings (SSSR count). The first-order valence-corrected chi connectivity index (χ1v) is 18.3. The zero-order chi connectivity index (χ0) is 33.4. The van der Waals surface area contributed by atoms with E-state index in [1.54, 1.807) is 19.3 Å². The largest absolute Gasteiger partial charge is 0.358 e. The maximum Gasteiger partial charge on any atom is 0.249 e. The maximum atomic E-state index is 15.2. The Hall–Kier alpha value is -3.65. The minimum atomic E-state index is -2.53. The van der Waals surface area contributed by atoms with Crippen LogP contribution in [0.15, 0.2) is 36.7 Å². The third-order valence-corrected chi connectivity index (χ3v) is 9.43. The van der Waals surface area contributed by atoms with Gasteiger partial charge in [-0.15, -0.1) is 10.2 Å². The number of anilines is 3. The molecule has 0 bridgehead atoms. The van der Waals surface area contributed by atoms with E-state index in [1.807, 2.05) is 31.7 Å². The summed E-state index contributed by atoms with van der Waals surface area (Å²) in [6.07, 6.45) is 9.60. The number of benzene rings is 1. The van der Waals surface area contributed by atoms with Crippen LogP contribution >= 0.6 is 10.0 Å². The molecule has 1 spiro atoms. The van der Waals surface area contributed by atoms with Crippen LogP contribution in [0.3, 0.4) is 0 Å². The highest BCUT2D eigenvalue weighted by molar-refractivity contribution is 8.32. The molecule has 0 amide bonds. The van der Waals surface area contributed by atoms with Crippen LogP contribution in [0.25, 0.3) is 22.5 Å². The van der Waals surface area contributed by atoms with Gasteiger partial charge in [-0.25, -0.2) is 37.5 Å². The Kier molecular flexibility index (Phi) is 9.42. The van der Waals surface area contributed by atoms with Crippen molar-refractivity contribution in [3.05, 3.63) is 54.0 Å². The summed E-state index contributed by atoms with van der Waals surface area (Å²) in [7, 11) is 1.01. The number of ether oxygens (including phenoxy) is 1. The number of aromatic nitrogens is 6. The number of nitrogens with one attached hydrogen (secondary N) is 1. The van der Waals surface area contributed by atoms with Crippen molar-refractivity contribution in [3.63, 3.8) is 0 Å². The lowest BCUT2D eigenvalue weighted by atomic mass is 9.61. The SMILES string of the molecule is CC.Cc1cc(N2CC3(C2)CC(F)(F)C3)ncc1-c1nc(Nc2ccc(-c3cn(COCCS(C)(C)C)nc3F)c(F)c2)n(C)n1. The van der Waals surface area contributed by atoms with Crippen LogP contribution in [0, 0.1) is 24.1 Å². The molecule has 1 saturated carbocycles. The van der Waals surface area contributed by atoms with Crippen LogP contribution < -0.4 is 10.2 Å². The molecule has 4 heterocycles. The monoisotopic (exact) mass is 662 g/mol. The Bertz CT molecular complexity index is 1680. The number of aryl methyl sites for hydroxylation is 2. The summed E-state index contributed by atoms with van der Waals surface area (Å²) < 4.78 is 65.0. The van der Waals surface area contributed by atoms with Crippen molar-refractivity contribution in [3.8, 4) is 22.5 Å². The molecular weight excluding hydrogens is 620 g/mol. The van der Waals surface area contributed by atoms with Gasteiger partial charge in [0.25, 0.3) is 0 Å². The van der Waals surface area contributed by atoms with E-state index in [0.717, 1.165) is 22.7 Å². The molecule has 1 N–H and O–H groups in total. The number of nitrogens with zero attached hydrogens (tertiary/aromatic N) is 7. The van der Waals surface area contributed by atoms with Crippen LogP contribution in [-0.2, 0) is 18.5 Å². The van der Waals surface area contributed by atoms with Gasteiger partial charge in [0.2, 0.25) is 17.8 Å². The first kappa shape index (κ1) is 33.7. The predicted octanol–water partition coefficient (Wildman–Crippen LogP) is 7.00. The fourth-order valence-corrected chi connectivity index (χ4v) is 6.42. The maximum absolute atomic E-state index is 15.2. The molecule has 1 aliphatic carbocycles. The number of pyridine rings is 1. The van der Waals surface area contributed by atoms with Crippen molar-refractivity contribution >= 4 is 27.5 Å². The molecule has 14 heteroatoms. The van der Waals surface area contributed by atoms with Gasteiger partial charge in [-0.1, -0.05) is 13.8 Å². The van der Waals surface area contributed by atoms with E-state index in [1.165, 1.54) is 27.7 Å². The van der Waals surface area contributed by atoms with Gasteiger partial charge in [-0.2, -0.15) is 9.37 Å². The van der Waals surface area contributed by atoms with E-state index >= 15 is 4.39 Å². The highest BCUT2D eigenvalue weighted by atomic mass is 32.3. The van der Waals surface area contributed by atoms with Crippen LogP contribution in [0.2, 0.25) is 0 Å². The Morgan fingerprint density at radius 1 is 1.00 bits per heavy atom. The quantitative estimate of drug-likeness (QED) is 0.145. The zero-order valence-electron chi connectivity index (χ0n) is 27.4. The molecule has 2 fully saturated rings. The normalized spacial score (nSPS) is 16.8. The average molecular weight is 663 g/mol. The van der Waals surface area contributed by atoms with Crippen LogP contribution in [0.4, 0.5) is 35.0 Å². The molecule has 2 aliphatic rings. The minimum absolute atomic E-state index is 0.0467. The molecule has 1 aromatic carbocycles. The van der Waals surface area contributed by atoms with Gasteiger partial charge in [-0.05, 0) is 55.5 Å². The lowest BCUT2D eigenvalue weighted by Gasteiger charge is -2.59. The summed E-state index contributed by atoms with van der Waals surface area (Å²) in [5.74, 6) is -1.46. The standard InChI is InChI=1S/C30H36F4N8OS.C2H6/c1-19-10-25(41-16-29(17-41)14-30(33,34)15-29)35-12-22(19)27-37-28(40(2)39-27)36-20-6-7-21(24(31)11-20)23-13-42(38-26(23)32)18-43-8-9-44(3,4)5;1-2/h6-7,10-13H,8-9,14-18H2,1-5H3,(H,36,37,39);1-2H3. The Balaban J connectivity index is 0.00000204. The van der Waals surface area contributed by atoms with Crippen LogP contribution in [0.5, 0.6) is 0 Å². The number of hydrogen-bond donors (Lipinski definition) is 1. The number of rotatable bonds is 10. The highest BCUT2D eigenvalue weighted by Gasteiger charge is 2.61. The van der Waals surface area contributed by atoms with Crippen LogP contribution in [0.1, 0.15) is 32.3 Å². The summed E-state index contributed by atoms with van der Waals surface area (Å²) in [6, 6.07) is 6.30. The van der Waals surface area contributed by atoms with Crippen molar-refractivity contribution in [1.29, 1.82) is 0 Å². The minimum Gasteiger partial charge on any atom is -0.358 e. The predicted molar refractivity (Wildman–Crippen MR) is 176 cm³/mol. The Morgan fingerprint density at radius 3 is 2.35 bits per heavy atom. The van der Waals surface area contributed by atoms with Crippen LogP contribution in [-0.4, -0.2) is 79.7 Å². The summed E-state index contributed by atoms with van der Waals surface area (Å²) in [5.41, 5.74) is 1.87. The molecular formula is C32H42F4N8OS. The van der Waals surface area contributed by atoms with E-state index in [9.17, 15) is 13.2 Å². The highest BCUT2D eigenvalue weighted by Crippen LogP contribution is 2.57. The second-order valence-electron chi connectivity index (χ2n) is 12.8. The van der Waals surface area contributed by atoms with E-state index in [2.05, 4.69) is 44.2 Å². The zero-order valence-corrected chi connectivity index (χ0v) is 28.2. The molecule has 46 heavy (non-hydrogen) atoms. The van der Waals surface area contributed by atoms with E-state index < -0.39 is 27.7 Å². The summed E-state index contributed by atoms with van der Waals surface area (Å²) in [4.78, 5) is 11.1. The van der Waals surface area contributed by atoms with Crippen molar-refractivity contribution in [1.82, 2.24) is 29.5 Å². The Morgan fingerprint density at radius 2 is 1.72 bits per heavy atom. The van der Waals surface area contributed by atoms with Gasteiger partial charge in [0.1, 0.15) is 18.4 Å². The Labute approximate surface area is 268 Å². The third-order valence-electron chi connectivity index (χ3n) is 8.04. The second kappa shape index (κ2) is 12.9. The van der Waals surface area contributed by atoms with Gasteiger partial charge in [0.05, 0.1) is 12.2 Å². The summed E-state index contributed by atoms with van der Waals surface area (Å²) in [6.45, 7) is 7.72. The third kappa shape index (κ3) is 7.33. The van der Waals surface area contributed by atoms with Gasteiger partial charge >= 0.3 is 0 Å². The lowest BCUT2D eigenvalue weighted by molar-refractivity contribution is -0.170. The van der Waals surface area contributed by atoms with E-state index in [4.69, 9.17) is 4.74 Å². The molecule has 0 unspecified atom stereocenters. The topological polar surface area (TPSA) is 85.9 Å². The van der Waals surface area contributed by atoms with Crippen molar-refractivity contribution in [2.45, 2.75) is 46.3 Å². The first-order valence-electron chi connectivity index (χ1n) is 15.2. The van der Waals surface area contributed by atoms with Gasteiger partial charge in [-0.3, -0.25) is 0 Å². The molecule has 4 aromatic rings. The summed E-state index contributed by atoms with van der Waals surface area (Å²) in [5, 5.41) is 11.4. The molecule has 0 radical (unpaired) electrons. The molecule has 0 atom stereocenters. The molecule has 9 nitrogen and oxygen atoms in total. The second-order valence-corrected chi connectivity index (χ2v) is 17.4. The van der Waals surface area contributed by atoms with Gasteiger partial charge in [0.15, 0.2) is 5.82 Å². The molecule has 1 saturated heterocycles. The first-order chi connectivity index (χ1) is 21.7. The lowest BCUT2D eigenvalue weighted by Crippen LogP contribution is -2.66. The van der Waals surface area contributed by atoms with Gasteiger partial charge in [0, 0.05) is 73.4 Å². The van der Waals surface area contributed by atoms with E-state index in [-0.39, 0.29) is 36.1 Å².